The lowest BCUT2D eigenvalue weighted by Gasteiger charge is -2.15. The standard InChI is InChI=1S/C16H20N4O2Si.C15H19BrN4O.2C14H17BrN4O.C13H12N4O2/c1-11-18-10-14(16(17)20-11)22-13-8-15(21-2)19-9-12(13)6-7-23(3,4)5;1-5-17-15-13(8-18-10(4)20-15)21-12-6-14(16)19-7-11(12)9(2)3;1-8(2)10-6-18-13(15)5-11(10)20-12-7-17-9(3)19-14(12)16-4;1-8(2)4-10-6-18-13(15)5-11(10)20-12-7-17-9(3)19-14(12)16;1-4-9-6-16-12(18-3)5-10(9)19-11-7-15-8(2)17-13(11)14/h8-10H,1-5H3,(H2,17,18,20);6-9H,5H2,1-4H3,(H,17,18,20);5-8H,1-4H3,(H,16,17,19);5-8H,4H2,1-3H3,(H2,16,17,19);1,5-7H,2-3H3,(H2,14,15,17). The van der Waals surface area contributed by atoms with E-state index < -0.39 is 8.07 Å². The Bertz CT molecular complexity index is 4630. The maximum absolute atomic E-state index is 6.03. The van der Waals surface area contributed by atoms with Crippen LogP contribution in [-0.4, -0.2) is 111 Å². The average Bonchev–Trinajstić information content (AvgIpc) is 0.851. The first kappa shape index (κ1) is 81.5. The van der Waals surface area contributed by atoms with Crippen LogP contribution < -0.4 is 61.0 Å². The SMILES string of the molecule is C#Cc1cnc(OC)cc1Oc1cnc(C)nc1N.CCNc1nc(C)ncc1Oc1cc(Br)ncc1C(C)C.CNc1nc(C)ncc1Oc1cc(Br)ncc1C(C)C.COc1cc(Oc2cnc(C)nc2N)c(C#C[Si](C)(C)C)cn1.Cc1ncc(Oc2cc(Br)ncc2CC(C)C)c(N)n1. The number of hydrogen-bond donors (Lipinski definition) is 5. The number of methoxy groups -OCH3 is 2. The smallest absolute Gasteiger partial charge is 0.216 e. The lowest BCUT2D eigenvalue weighted by Crippen LogP contribution is -2.16. The Labute approximate surface area is 627 Å². The fourth-order valence-electron chi connectivity index (χ4n) is 8.51. The van der Waals surface area contributed by atoms with Gasteiger partial charge >= 0.3 is 0 Å². The monoisotopic (exact) mass is 1610 g/mol. The number of nitrogen functional groups attached to an aromatic ring is 3. The van der Waals surface area contributed by atoms with Crippen LogP contribution in [0.15, 0.2) is 106 Å². The highest BCUT2D eigenvalue weighted by Gasteiger charge is 2.19. The number of ether oxygens (including phenoxy) is 7. The molecule has 0 unspecified atom stereocenters. The first-order valence-corrected chi connectivity index (χ1v) is 38.1. The molecule has 0 aliphatic rings. The van der Waals surface area contributed by atoms with E-state index in [4.69, 9.17) is 56.8 Å². The number of hydrogen-bond acceptors (Lipinski definition) is 27. The summed E-state index contributed by atoms with van der Waals surface area (Å²) >= 11 is 10.1. The van der Waals surface area contributed by atoms with E-state index in [1.807, 2.05) is 57.6 Å². The molecule has 0 bridgehead atoms. The summed E-state index contributed by atoms with van der Waals surface area (Å²) < 4.78 is 41.7. The molecule has 0 atom stereocenters. The molecule has 10 aromatic heterocycles. The quantitative estimate of drug-likeness (QED) is 0.0285. The van der Waals surface area contributed by atoms with Crippen LogP contribution in [-0.2, 0) is 6.42 Å². The predicted molar refractivity (Wildman–Crippen MR) is 413 cm³/mol. The average molecular weight is 1610 g/mol. The van der Waals surface area contributed by atoms with Gasteiger partial charge in [-0.1, -0.05) is 73.0 Å². The third-order valence-corrected chi connectivity index (χ3v) is 15.7. The zero-order valence-electron chi connectivity index (χ0n) is 60.8. The molecule has 540 valence electrons. The molecule has 0 saturated carbocycles. The van der Waals surface area contributed by atoms with E-state index in [-0.39, 0.29) is 11.6 Å². The van der Waals surface area contributed by atoms with Crippen LogP contribution in [0.3, 0.4) is 0 Å². The molecule has 0 aliphatic heterocycles. The van der Waals surface area contributed by atoms with Crippen molar-refractivity contribution in [1.82, 2.24) is 74.8 Å². The van der Waals surface area contributed by atoms with Gasteiger partial charge in [0.1, 0.15) is 79.8 Å². The van der Waals surface area contributed by atoms with Crippen molar-refractivity contribution in [2.75, 3.05) is 55.6 Å². The molecule has 0 radical (unpaired) electrons. The van der Waals surface area contributed by atoms with Crippen molar-refractivity contribution in [2.24, 2.45) is 5.92 Å². The summed E-state index contributed by atoms with van der Waals surface area (Å²) in [6, 6.07) is 8.80. The summed E-state index contributed by atoms with van der Waals surface area (Å²) in [5.41, 5.74) is 25.1. The molecule has 10 aromatic rings. The Morgan fingerprint density at radius 3 is 1.21 bits per heavy atom. The van der Waals surface area contributed by atoms with Crippen molar-refractivity contribution in [3.05, 3.63) is 163 Å². The first-order chi connectivity index (χ1) is 48.9. The first-order valence-electron chi connectivity index (χ1n) is 32.2. The molecule has 0 fully saturated rings. The molecule has 31 heteroatoms. The summed E-state index contributed by atoms with van der Waals surface area (Å²) in [7, 11) is 3.34. The number of nitrogens with two attached hydrogens (primary N) is 3. The number of halogens is 3. The van der Waals surface area contributed by atoms with E-state index in [1.165, 1.54) is 19.5 Å². The molecule has 0 amide bonds. The number of aryl methyl sites for hydroxylation is 5. The van der Waals surface area contributed by atoms with Crippen LogP contribution in [0.5, 0.6) is 69.3 Å². The fourth-order valence-corrected chi connectivity index (χ4v) is 9.95. The molecule has 10 heterocycles. The fraction of sp³-hybridized carbons (Fsp3) is 0.319. The van der Waals surface area contributed by atoms with Gasteiger partial charge in [-0.05, 0) is 114 Å². The molecular formula is C72H85Br3N20O7Si. The van der Waals surface area contributed by atoms with Gasteiger partial charge in [0.05, 0.1) is 68.7 Å². The molecular weight excluding hydrogens is 1520 g/mol. The summed E-state index contributed by atoms with van der Waals surface area (Å²) in [6.45, 7) is 31.0. The van der Waals surface area contributed by atoms with Crippen molar-refractivity contribution in [1.29, 1.82) is 0 Å². The molecule has 27 nitrogen and oxygen atoms in total. The molecule has 0 spiro atoms. The van der Waals surface area contributed by atoms with Gasteiger partial charge in [-0.15, -0.1) is 12.0 Å². The van der Waals surface area contributed by atoms with Crippen LogP contribution in [0, 0.1) is 64.3 Å². The predicted octanol–water partition coefficient (Wildman–Crippen LogP) is 16.0. The number of terminal acetylenes is 1. The second kappa shape index (κ2) is 39.1. The van der Waals surface area contributed by atoms with Crippen LogP contribution in [0.25, 0.3) is 0 Å². The molecule has 0 saturated heterocycles. The minimum atomic E-state index is -1.52. The van der Waals surface area contributed by atoms with E-state index in [2.05, 4.69) is 212 Å². The molecule has 10 rings (SSSR count). The van der Waals surface area contributed by atoms with E-state index in [0.717, 1.165) is 56.1 Å². The Hall–Kier alpha value is -10.5. The molecule has 8 N–H and O–H groups in total. The van der Waals surface area contributed by atoms with Crippen molar-refractivity contribution in [3.63, 3.8) is 0 Å². The summed E-state index contributed by atoms with van der Waals surface area (Å²) in [5.74, 6) is 18.5. The second-order valence-corrected chi connectivity index (χ2v) is 31.4. The minimum absolute atomic E-state index is 0.242. The number of anilines is 5. The van der Waals surface area contributed by atoms with Gasteiger partial charge in [-0.25, -0.2) is 74.8 Å². The summed E-state index contributed by atoms with van der Waals surface area (Å²) in [4.78, 5) is 62.5. The third-order valence-electron chi connectivity index (χ3n) is 13.5. The lowest BCUT2D eigenvalue weighted by molar-refractivity contribution is 0.391. The van der Waals surface area contributed by atoms with E-state index >= 15 is 0 Å². The third kappa shape index (κ3) is 25.8. The highest BCUT2D eigenvalue weighted by molar-refractivity contribution is 9.11. The van der Waals surface area contributed by atoms with Gasteiger partial charge in [0.25, 0.3) is 0 Å². The number of rotatable bonds is 19. The second-order valence-electron chi connectivity index (χ2n) is 24.3. The van der Waals surface area contributed by atoms with Crippen molar-refractivity contribution >= 4 is 85.0 Å². The van der Waals surface area contributed by atoms with E-state index in [1.54, 1.807) is 78.0 Å². The van der Waals surface area contributed by atoms with E-state index in [0.29, 0.717) is 132 Å². The number of nitrogens with one attached hydrogen (secondary N) is 2. The van der Waals surface area contributed by atoms with Crippen molar-refractivity contribution < 1.29 is 33.2 Å². The summed E-state index contributed by atoms with van der Waals surface area (Å²) in [6.07, 6.45) is 22.8. The Kier molecular flexibility index (Phi) is 30.9. The highest BCUT2D eigenvalue weighted by Crippen LogP contribution is 2.38. The van der Waals surface area contributed by atoms with Crippen molar-refractivity contribution in [3.8, 4) is 93.1 Å². The van der Waals surface area contributed by atoms with Gasteiger partial charge in [0, 0.05) is 79.2 Å². The molecule has 0 aromatic carbocycles. The molecule has 103 heavy (non-hydrogen) atoms. The Morgan fingerprint density at radius 1 is 0.456 bits per heavy atom. The largest absolute Gasteiger partial charge is 0.481 e. The maximum Gasteiger partial charge on any atom is 0.216 e. The molecule has 0 aliphatic carbocycles. The van der Waals surface area contributed by atoms with Gasteiger partial charge in [-0.2, -0.15) is 0 Å². The maximum atomic E-state index is 6.03. The normalized spacial score (nSPS) is 10.6. The number of nitrogens with zero attached hydrogens (tertiary/aromatic N) is 15. The van der Waals surface area contributed by atoms with Gasteiger partial charge in [0.2, 0.25) is 11.8 Å². The zero-order chi connectivity index (χ0) is 75.7. The topological polar surface area (TPSA) is 360 Å². The van der Waals surface area contributed by atoms with E-state index in [9.17, 15) is 0 Å². The zero-order valence-corrected chi connectivity index (χ0v) is 66.6. The van der Waals surface area contributed by atoms with Crippen LogP contribution in [0.4, 0.5) is 29.1 Å². The summed E-state index contributed by atoms with van der Waals surface area (Å²) in [5, 5.41) is 6.21. The van der Waals surface area contributed by atoms with Crippen LogP contribution in [0.1, 0.15) is 117 Å². The Balaban J connectivity index is 0.000000202. The highest BCUT2D eigenvalue weighted by atomic mass is 79.9. The van der Waals surface area contributed by atoms with Gasteiger partial charge in [0.15, 0.2) is 57.8 Å². The number of aromatic nitrogens is 15. The van der Waals surface area contributed by atoms with Crippen LogP contribution >= 0.6 is 47.8 Å². The Morgan fingerprint density at radius 2 is 0.825 bits per heavy atom. The lowest BCUT2D eigenvalue weighted by atomic mass is 10.0. The van der Waals surface area contributed by atoms with Crippen molar-refractivity contribution in [2.45, 2.75) is 121 Å². The van der Waals surface area contributed by atoms with Gasteiger partial charge < -0.3 is 61.0 Å². The minimum Gasteiger partial charge on any atom is -0.481 e. The number of pyridine rings is 5. The van der Waals surface area contributed by atoms with Crippen LogP contribution in [0.2, 0.25) is 19.6 Å². The van der Waals surface area contributed by atoms with Gasteiger partial charge in [-0.3, -0.25) is 0 Å².